The Morgan fingerprint density at radius 1 is 1.31 bits per heavy atom. The second-order valence-electron chi connectivity index (χ2n) is 5.33. The topological polar surface area (TPSA) is 85.1 Å². The van der Waals surface area contributed by atoms with E-state index in [-0.39, 0.29) is 10.2 Å². The van der Waals surface area contributed by atoms with E-state index in [2.05, 4.69) is 26.2 Å². The van der Waals surface area contributed by atoms with E-state index in [4.69, 9.17) is 0 Å². The molecule has 3 aromatic rings. The van der Waals surface area contributed by atoms with Crippen LogP contribution < -0.4 is 5.32 Å². The number of hydrogen-bond acceptors (Lipinski definition) is 5. The number of carbonyl (C=O) groups excluding carboxylic acids is 1. The van der Waals surface area contributed by atoms with E-state index in [0.29, 0.717) is 5.69 Å². The van der Waals surface area contributed by atoms with E-state index in [1.165, 1.54) is 11.3 Å². The highest BCUT2D eigenvalue weighted by molar-refractivity contribution is 9.10. The SMILES string of the molecule is Cc1nc(-c2ccc(NC(=O)c3cc([N+](=O)[O-])cc(Br)c3F)cc2)cs1. The molecule has 0 saturated heterocycles. The van der Waals surface area contributed by atoms with Gasteiger partial charge in [-0.25, -0.2) is 9.37 Å². The molecule has 2 aromatic carbocycles. The molecule has 1 amide bonds. The Bertz CT molecular complexity index is 1000. The van der Waals surface area contributed by atoms with Crippen LogP contribution in [0.4, 0.5) is 15.8 Å². The van der Waals surface area contributed by atoms with Crippen LogP contribution in [-0.4, -0.2) is 15.8 Å². The molecule has 1 heterocycles. The van der Waals surface area contributed by atoms with Crippen LogP contribution in [0.15, 0.2) is 46.3 Å². The number of anilines is 1. The predicted octanol–water partition coefficient (Wildman–Crippen LogP) is 5.18. The van der Waals surface area contributed by atoms with Gasteiger partial charge in [-0.15, -0.1) is 11.3 Å². The molecular formula is C17H11BrFN3O3S. The number of hydrogen-bond donors (Lipinski definition) is 1. The van der Waals surface area contributed by atoms with Crippen molar-refractivity contribution >= 4 is 44.5 Å². The van der Waals surface area contributed by atoms with Crippen molar-refractivity contribution in [3.05, 3.63) is 72.8 Å². The number of aryl methyl sites for hydroxylation is 1. The number of amides is 1. The Kier molecular flexibility index (Phi) is 5.10. The van der Waals surface area contributed by atoms with Gasteiger partial charge in [0.05, 0.1) is 25.7 Å². The molecule has 1 N–H and O–H groups in total. The molecule has 9 heteroatoms. The second-order valence-corrected chi connectivity index (χ2v) is 7.25. The third kappa shape index (κ3) is 3.78. The molecule has 0 unspecified atom stereocenters. The summed E-state index contributed by atoms with van der Waals surface area (Å²) in [6.45, 7) is 1.91. The van der Waals surface area contributed by atoms with Crippen LogP contribution in [0.25, 0.3) is 11.3 Å². The lowest BCUT2D eigenvalue weighted by Gasteiger charge is -2.08. The van der Waals surface area contributed by atoms with Gasteiger partial charge in [-0.2, -0.15) is 0 Å². The molecule has 132 valence electrons. The third-order valence-electron chi connectivity index (χ3n) is 3.53. The number of non-ortho nitro benzene ring substituents is 1. The van der Waals surface area contributed by atoms with Crippen molar-refractivity contribution < 1.29 is 14.1 Å². The lowest BCUT2D eigenvalue weighted by atomic mass is 10.1. The molecule has 0 aliphatic rings. The van der Waals surface area contributed by atoms with Crippen molar-refractivity contribution in [2.45, 2.75) is 6.92 Å². The van der Waals surface area contributed by atoms with E-state index < -0.39 is 22.2 Å². The van der Waals surface area contributed by atoms with Gasteiger partial charge in [0.15, 0.2) is 5.82 Å². The van der Waals surface area contributed by atoms with E-state index in [9.17, 15) is 19.3 Å². The van der Waals surface area contributed by atoms with Crippen molar-refractivity contribution in [3.8, 4) is 11.3 Å². The van der Waals surface area contributed by atoms with Gasteiger partial charge in [0.1, 0.15) is 0 Å². The van der Waals surface area contributed by atoms with Crippen molar-refractivity contribution in [3.63, 3.8) is 0 Å². The lowest BCUT2D eigenvalue weighted by molar-refractivity contribution is -0.385. The number of benzene rings is 2. The molecule has 3 rings (SSSR count). The lowest BCUT2D eigenvalue weighted by Crippen LogP contribution is -2.14. The molecule has 0 aliphatic heterocycles. The van der Waals surface area contributed by atoms with E-state index >= 15 is 0 Å². The number of nitrogens with zero attached hydrogens (tertiary/aromatic N) is 2. The van der Waals surface area contributed by atoms with Crippen LogP contribution in [0, 0.1) is 22.9 Å². The summed E-state index contributed by atoms with van der Waals surface area (Å²) in [7, 11) is 0. The maximum absolute atomic E-state index is 14.1. The minimum atomic E-state index is -0.859. The molecule has 0 spiro atoms. The zero-order chi connectivity index (χ0) is 18.8. The van der Waals surface area contributed by atoms with Gasteiger partial charge in [0.2, 0.25) is 0 Å². The second kappa shape index (κ2) is 7.30. The summed E-state index contributed by atoms with van der Waals surface area (Å²) >= 11 is 4.43. The van der Waals surface area contributed by atoms with E-state index in [0.717, 1.165) is 28.4 Å². The Morgan fingerprint density at radius 2 is 2.00 bits per heavy atom. The highest BCUT2D eigenvalue weighted by Gasteiger charge is 2.20. The van der Waals surface area contributed by atoms with Crippen LogP contribution in [0.3, 0.4) is 0 Å². The number of aromatic nitrogens is 1. The summed E-state index contributed by atoms with van der Waals surface area (Å²) in [6, 6.07) is 8.80. The first-order chi connectivity index (χ1) is 12.3. The van der Waals surface area contributed by atoms with Gasteiger partial charge >= 0.3 is 0 Å². The van der Waals surface area contributed by atoms with E-state index in [1.54, 1.807) is 24.3 Å². The Labute approximate surface area is 160 Å². The summed E-state index contributed by atoms with van der Waals surface area (Å²) in [5.41, 5.74) is 1.37. The standard InChI is InChI=1S/C17H11BrFN3O3S/c1-9-20-15(8-26-9)10-2-4-11(5-3-10)21-17(23)13-6-12(22(24)25)7-14(18)16(13)19/h2-8H,1H3,(H,21,23). The van der Waals surface area contributed by atoms with Crippen molar-refractivity contribution in [1.29, 1.82) is 0 Å². The number of carbonyl (C=O) groups is 1. The number of nitrogens with one attached hydrogen (secondary N) is 1. The number of nitro benzene ring substituents is 1. The molecule has 26 heavy (non-hydrogen) atoms. The summed E-state index contributed by atoms with van der Waals surface area (Å²) in [5.74, 6) is -1.63. The van der Waals surface area contributed by atoms with Gasteiger partial charge in [-0.1, -0.05) is 12.1 Å². The average Bonchev–Trinajstić information content (AvgIpc) is 3.04. The minimum absolute atomic E-state index is 0.147. The first-order valence-corrected chi connectivity index (χ1v) is 9.00. The van der Waals surface area contributed by atoms with Gasteiger partial charge in [-0.05, 0) is 35.0 Å². The first-order valence-electron chi connectivity index (χ1n) is 7.32. The minimum Gasteiger partial charge on any atom is -0.322 e. The number of halogens is 2. The van der Waals surface area contributed by atoms with Crippen LogP contribution >= 0.6 is 27.3 Å². The monoisotopic (exact) mass is 435 g/mol. The predicted molar refractivity (Wildman–Crippen MR) is 101 cm³/mol. The number of thiazole rings is 1. The average molecular weight is 436 g/mol. The Hall–Kier alpha value is -2.65. The molecule has 0 fully saturated rings. The highest BCUT2D eigenvalue weighted by Crippen LogP contribution is 2.27. The molecule has 1 aromatic heterocycles. The highest BCUT2D eigenvalue weighted by atomic mass is 79.9. The largest absolute Gasteiger partial charge is 0.322 e. The molecule has 0 saturated carbocycles. The zero-order valence-corrected chi connectivity index (χ0v) is 15.7. The van der Waals surface area contributed by atoms with Crippen LogP contribution in [-0.2, 0) is 0 Å². The van der Waals surface area contributed by atoms with Gasteiger partial charge < -0.3 is 5.32 Å². The fourth-order valence-electron chi connectivity index (χ4n) is 2.26. The molecule has 6 nitrogen and oxygen atoms in total. The molecular weight excluding hydrogens is 425 g/mol. The quantitative estimate of drug-likeness (QED) is 0.451. The summed E-state index contributed by atoms with van der Waals surface area (Å²) in [5, 5.41) is 16.3. The van der Waals surface area contributed by atoms with Crippen LogP contribution in [0.5, 0.6) is 0 Å². The fraction of sp³-hybridized carbons (Fsp3) is 0.0588. The van der Waals surface area contributed by atoms with Crippen molar-refractivity contribution in [2.24, 2.45) is 0 Å². The summed E-state index contributed by atoms with van der Waals surface area (Å²) in [4.78, 5) is 26.9. The maximum atomic E-state index is 14.1. The summed E-state index contributed by atoms with van der Waals surface area (Å²) < 4.78 is 14.0. The molecule has 0 atom stereocenters. The third-order valence-corrected chi connectivity index (χ3v) is 4.88. The first kappa shape index (κ1) is 18.2. The van der Waals surface area contributed by atoms with Gasteiger partial charge in [0, 0.05) is 28.8 Å². The molecule has 0 bridgehead atoms. The number of rotatable bonds is 4. The zero-order valence-electron chi connectivity index (χ0n) is 13.3. The Balaban J connectivity index is 1.83. The number of nitro groups is 1. The summed E-state index contributed by atoms with van der Waals surface area (Å²) in [6.07, 6.45) is 0. The Morgan fingerprint density at radius 3 is 2.58 bits per heavy atom. The van der Waals surface area contributed by atoms with E-state index in [1.807, 2.05) is 12.3 Å². The molecule has 0 radical (unpaired) electrons. The van der Waals surface area contributed by atoms with Crippen molar-refractivity contribution in [2.75, 3.05) is 5.32 Å². The van der Waals surface area contributed by atoms with Crippen LogP contribution in [0.1, 0.15) is 15.4 Å². The molecule has 0 aliphatic carbocycles. The fourth-order valence-corrected chi connectivity index (χ4v) is 3.33. The van der Waals surface area contributed by atoms with Gasteiger partial charge in [-0.3, -0.25) is 14.9 Å². The van der Waals surface area contributed by atoms with Crippen LogP contribution in [0.2, 0.25) is 0 Å². The van der Waals surface area contributed by atoms with Gasteiger partial charge in [0.25, 0.3) is 11.6 Å². The smallest absolute Gasteiger partial charge is 0.271 e. The normalized spacial score (nSPS) is 10.6. The van der Waals surface area contributed by atoms with Crippen molar-refractivity contribution in [1.82, 2.24) is 4.98 Å². The maximum Gasteiger partial charge on any atom is 0.271 e.